The summed E-state index contributed by atoms with van der Waals surface area (Å²) in [4.78, 5) is 26.6. The van der Waals surface area contributed by atoms with E-state index in [4.69, 9.17) is 16.7 Å². The van der Waals surface area contributed by atoms with Crippen molar-refractivity contribution in [3.63, 3.8) is 0 Å². The number of carbonyl (C=O) groups is 2. The van der Waals surface area contributed by atoms with E-state index >= 15 is 0 Å². The Kier molecular flexibility index (Phi) is 4.18. The number of hydrogen-bond acceptors (Lipinski definition) is 4. The molecular formula is C11H10ClN3O3S. The standard InChI is InChI=1S/C11H10ClN3O3S/c12-10-7(15-5-6-19-11(15)14-10)1-2-8(16)13-4-3-9(17)18/h1-2,5-6H,3-4H2,(H,13,16)(H,17,18)/b2-1+. The van der Waals surface area contributed by atoms with Gasteiger partial charge in [0.15, 0.2) is 10.1 Å². The van der Waals surface area contributed by atoms with Gasteiger partial charge in [-0.05, 0) is 6.08 Å². The predicted octanol–water partition coefficient (Wildman–Crippen LogP) is 1.65. The van der Waals surface area contributed by atoms with Gasteiger partial charge in [-0.15, -0.1) is 11.3 Å². The van der Waals surface area contributed by atoms with Crippen molar-refractivity contribution in [2.45, 2.75) is 6.42 Å². The number of nitrogens with one attached hydrogen (secondary N) is 1. The lowest BCUT2D eigenvalue weighted by molar-refractivity contribution is -0.136. The molecule has 0 fully saturated rings. The van der Waals surface area contributed by atoms with Crippen LogP contribution in [-0.4, -0.2) is 32.9 Å². The molecule has 0 spiro atoms. The summed E-state index contributed by atoms with van der Waals surface area (Å²) in [5.41, 5.74) is 0.617. The van der Waals surface area contributed by atoms with Gasteiger partial charge in [-0.2, -0.15) is 0 Å². The first-order valence-electron chi connectivity index (χ1n) is 5.36. The first-order valence-corrected chi connectivity index (χ1v) is 6.62. The van der Waals surface area contributed by atoms with Crippen molar-refractivity contribution in [1.29, 1.82) is 0 Å². The highest BCUT2D eigenvalue weighted by atomic mass is 35.5. The Labute approximate surface area is 117 Å². The Hall–Kier alpha value is -1.86. The lowest BCUT2D eigenvalue weighted by Crippen LogP contribution is -2.23. The van der Waals surface area contributed by atoms with Crippen molar-refractivity contribution >= 4 is 45.9 Å². The summed E-state index contributed by atoms with van der Waals surface area (Å²) in [7, 11) is 0. The van der Waals surface area contributed by atoms with Crippen LogP contribution in [0.2, 0.25) is 5.15 Å². The molecule has 2 heterocycles. The van der Waals surface area contributed by atoms with Crippen molar-refractivity contribution in [2.75, 3.05) is 6.54 Å². The molecule has 0 radical (unpaired) electrons. The van der Waals surface area contributed by atoms with Gasteiger partial charge in [-0.3, -0.25) is 14.0 Å². The van der Waals surface area contributed by atoms with Crippen LogP contribution in [0.4, 0.5) is 0 Å². The van der Waals surface area contributed by atoms with E-state index in [1.165, 1.54) is 17.4 Å². The third kappa shape index (κ3) is 3.33. The fourth-order valence-electron chi connectivity index (χ4n) is 1.43. The summed E-state index contributed by atoms with van der Waals surface area (Å²) < 4.78 is 1.77. The minimum absolute atomic E-state index is 0.0898. The first kappa shape index (κ1) is 13.6. The van der Waals surface area contributed by atoms with E-state index in [0.29, 0.717) is 10.8 Å². The molecular weight excluding hydrogens is 290 g/mol. The molecule has 19 heavy (non-hydrogen) atoms. The molecule has 2 aromatic heterocycles. The summed E-state index contributed by atoms with van der Waals surface area (Å²) in [6.45, 7) is 0.0898. The second kappa shape index (κ2) is 5.85. The van der Waals surface area contributed by atoms with Gasteiger partial charge in [-0.1, -0.05) is 11.6 Å². The lowest BCUT2D eigenvalue weighted by atomic mass is 10.3. The number of carboxylic acids is 1. The van der Waals surface area contributed by atoms with Gasteiger partial charge in [0.05, 0.1) is 12.1 Å². The van der Waals surface area contributed by atoms with E-state index in [-0.39, 0.29) is 18.9 Å². The SMILES string of the molecule is O=C(O)CCNC(=O)/C=C/c1c(Cl)nc2sccn12. The average molecular weight is 300 g/mol. The second-order valence-corrected chi connectivity index (χ2v) is 4.84. The Morgan fingerprint density at radius 1 is 1.58 bits per heavy atom. The molecule has 100 valence electrons. The zero-order chi connectivity index (χ0) is 13.8. The van der Waals surface area contributed by atoms with E-state index in [0.717, 1.165) is 4.96 Å². The van der Waals surface area contributed by atoms with Crippen molar-refractivity contribution in [3.8, 4) is 0 Å². The minimum atomic E-state index is -0.955. The zero-order valence-corrected chi connectivity index (χ0v) is 11.2. The number of imidazole rings is 1. The molecule has 8 heteroatoms. The normalized spacial score (nSPS) is 11.2. The molecule has 0 bridgehead atoms. The van der Waals surface area contributed by atoms with Crippen LogP contribution >= 0.6 is 22.9 Å². The van der Waals surface area contributed by atoms with E-state index in [1.807, 2.05) is 5.38 Å². The Morgan fingerprint density at radius 2 is 2.37 bits per heavy atom. The number of aliphatic carboxylic acids is 1. The summed E-state index contributed by atoms with van der Waals surface area (Å²) in [5, 5.41) is 13.1. The largest absolute Gasteiger partial charge is 0.481 e. The van der Waals surface area contributed by atoms with E-state index in [2.05, 4.69) is 10.3 Å². The number of fused-ring (bicyclic) bond motifs is 1. The molecule has 0 aliphatic carbocycles. The smallest absolute Gasteiger partial charge is 0.305 e. The van der Waals surface area contributed by atoms with Crippen molar-refractivity contribution in [2.24, 2.45) is 0 Å². The quantitative estimate of drug-likeness (QED) is 0.822. The maximum absolute atomic E-state index is 11.4. The predicted molar refractivity (Wildman–Crippen MR) is 72.4 cm³/mol. The molecule has 0 aliphatic rings. The minimum Gasteiger partial charge on any atom is -0.481 e. The fourth-order valence-corrected chi connectivity index (χ4v) is 2.44. The van der Waals surface area contributed by atoms with E-state index in [1.54, 1.807) is 16.7 Å². The monoisotopic (exact) mass is 299 g/mol. The third-order valence-corrected chi connectivity index (χ3v) is 3.32. The summed E-state index contributed by atoms with van der Waals surface area (Å²) in [5.74, 6) is -1.33. The number of amides is 1. The Balaban J connectivity index is 2.01. The molecule has 0 saturated carbocycles. The molecule has 0 unspecified atom stereocenters. The van der Waals surface area contributed by atoms with Crippen LogP contribution in [-0.2, 0) is 9.59 Å². The third-order valence-electron chi connectivity index (χ3n) is 2.28. The molecule has 0 atom stereocenters. The molecule has 0 aromatic carbocycles. The van der Waals surface area contributed by atoms with Gasteiger partial charge < -0.3 is 10.4 Å². The first-order chi connectivity index (χ1) is 9.08. The van der Waals surface area contributed by atoms with E-state index < -0.39 is 5.97 Å². The van der Waals surface area contributed by atoms with Gasteiger partial charge in [0, 0.05) is 24.2 Å². The summed E-state index contributed by atoms with van der Waals surface area (Å²) >= 11 is 7.39. The lowest BCUT2D eigenvalue weighted by Gasteiger charge is -1.98. The second-order valence-electron chi connectivity index (χ2n) is 3.61. The molecule has 2 rings (SSSR count). The van der Waals surface area contributed by atoms with Crippen LogP contribution in [0.25, 0.3) is 11.0 Å². The van der Waals surface area contributed by atoms with Gasteiger partial charge >= 0.3 is 5.97 Å². The van der Waals surface area contributed by atoms with Crippen LogP contribution in [0.5, 0.6) is 0 Å². The number of nitrogens with zero attached hydrogens (tertiary/aromatic N) is 2. The zero-order valence-electron chi connectivity index (χ0n) is 9.67. The molecule has 6 nitrogen and oxygen atoms in total. The summed E-state index contributed by atoms with van der Waals surface area (Å²) in [6, 6.07) is 0. The molecule has 2 aromatic rings. The van der Waals surface area contributed by atoms with Gasteiger partial charge in [0.25, 0.3) is 0 Å². The van der Waals surface area contributed by atoms with Crippen molar-refractivity contribution in [1.82, 2.24) is 14.7 Å². The Bertz CT molecular complexity index is 647. The van der Waals surface area contributed by atoms with Crippen molar-refractivity contribution < 1.29 is 14.7 Å². The maximum atomic E-state index is 11.4. The number of carbonyl (C=O) groups excluding carboxylic acids is 1. The number of aromatic nitrogens is 2. The van der Waals surface area contributed by atoms with E-state index in [9.17, 15) is 9.59 Å². The number of rotatable bonds is 5. The number of thiazole rings is 1. The van der Waals surface area contributed by atoms with Crippen LogP contribution in [0.15, 0.2) is 17.7 Å². The highest BCUT2D eigenvalue weighted by Gasteiger charge is 2.08. The van der Waals surface area contributed by atoms with Gasteiger partial charge in [-0.25, -0.2) is 4.98 Å². The molecule has 0 aliphatic heterocycles. The summed E-state index contributed by atoms with van der Waals surface area (Å²) in [6.07, 6.45) is 4.54. The van der Waals surface area contributed by atoms with Gasteiger partial charge in [0.2, 0.25) is 5.91 Å². The van der Waals surface area contributed by atoms with Crippen LogP contribution in [0.3, 0.4) is 0 Å². The van der Waals surface area contributed by atoms with Crippen LogP contribution < -0.4 is 5.32 Å². The Morgan fingerprint density at radius 3 is 3.11 bits per heavy atom. The van der Waals surface area contributed by atoms with Crippen LogP contribution in [0.1, 0.15) is 12.1 Å². The fraction of sp³-hybridized carbons (Fsp3) is 0.182. The van der Waals surface area contributed by atoms with Crippen molar-refractivity contribution in [3.05, 3.63) is 28.5 Å². The molecule has 2 N–H and O–H groups in total. The number of hydrogen-bond donors (Lipinski definition) is 2. The topological polar surface area (TPSA) is 83.7 Å². The highest BCUT2D eigenvalue weighted by Crippen LogP contribution is 2.22. The molecule has 0 saturated heterocycles. The molecule has 1 amide bonds. The van der Waals surface area contributed by atoms with Gasteiger partial charge in [0.1, 0.15) is 0 Å². The van der Waals surface area contributed by atoms with Crippen LogP contribution in [0, 0.1) is 0 Å². The highest BCUT2D eigenvalue weighted by molar-refractivity contribution is 7.15. The maximum Gasteiger partial charge on any atom is 0.305 e. The number of halogens is 1. The average Bonchev–Trinajstić information content (AvgIpc) is 2.87. The number of carboxylic acid groups (broad SMARTS) is 1.